The van der Waals surface area contributed by atoms with E-state index in [1.165, 1.54) is 12.8 Å². The van der Waals surface area contributed by atoms with Crippen molar-refractivity contribution in [1.29, 1.82) is 0 Å². The van der Waals surface area contributed by atoms with Crippen molar-refractivity contribution in [1.82, 2.24) is 19.9 Å². The average molecular weight is 282 g/mol. The van der Waals surface area contributed by atoms with E-state index in [0.717, 1.165) is 30.6 Å². The Morgan fingerprint density at radius 2 is 2.11 bits per heavy atom. The molecule has 1 unspecified atom stereocenters. The molecule has 0 bridgehead atoms. The van der Waals surface area contributed by atoms with Gasteiger partial charge in [0.2, 0.25) is 5.28 Å². The summed E-state index contributed by atoms with van der Waals surface area (Å²) in [4.78, 5) is 15.5. The number of H-pyrrole nitrogens is 1. The standard InChI is InChI=1S/C13H20ClN5/c1-3-5-7-9(6-4-2)17-12-10-11(16-8-15-10)18-13(14)19-12/h8-9H,3-7H2,1-2H3,(H2,15,16,17,18,19). The first-order chi connectivity index (χ1) is 9.24. The number of aromatic nitrogens is 4. The smallest absolute Gasteiger partial charge is 0.226 e. The van der Waals surface area contributed by atoms with Crippen molar-refractivity contribution in [2.75, 3.05) is 5.32 Å². The van der Waals surface area contributed by atoms with Crippen molar-refractivity contribution in [2.24, 2.45) is 0 Å². The minimum absolute atomic E-state index is 0.229. The second-order valence-electron chi connectivity index (χ2n) is 4.71. The number of imidazole rings is 1. The lowest BCUT2D eigenvalue weighted by Gasteiger charge is -2.18. The summed E-state index contributed by atoms with van der Waals surface area (Å²) < 4.78 is 0. The SMILES string of the molecule is CCCCC(CCC)Nc1nc(Cl)nc2nc[nH]c12. The van der Waals surface area contributed by atoms with Gasteiger partial charge < -0.3 is 10.3 Å². The molecule has 1 atom stereocenters. The van der Waals surface area contributed by atoms with Crippen LogP contribution >= 0.6 is 11.6 Å². The van der Waals surface area contributed by atoms with E-state index in [2.05, 4.69) is 39.1 Å². The zero-order chi connectivity index (χ0) is 13.7. The van der Waals surface area contributed by atoms with Crippen LogP contribution in [-0.4, -0.2) is 26.0 Å². The molecule has 104 valence electrons. The number of anilines is 1. The van der Waals surface area contributed by atoms with E-state index in [4.69, 9.17) is 11.6 Å². The number of rotatable bonds is 7. The fourth-order valence-corrected chi connectivity index (χ4v) is 2.36. The predicted octanol–water partition coefficient (Wildman–Crippen LogP) is 3.78. The van der Waals surface area contributed by atoms with Gasteiger partial charge >= 0.3 is 0 Å². The summed E-state index contributed by atoms with van der Waals surface area (Å²) in [5.41, 5.74) is 1.43. The molecular formula is C13H20ClN5. The van der Waals surface area contributed by atoms with Gasteiger partial charge in [-0.2, -0.15) is 9.97 Å². The van der Waals surface area contributed by atoms with Gasteiger partial charge in [0.15, 0.2) is 11.5 Å². The van der Waals surface area contributed by atoms with Gasteiger partial charge in [0, 0.05) is 6.04 Å². The minimum atomic E-state index is 0.229. The number of hydrogen-bond acceptors (Lipinski definition) is 4. The highest BCUT2D eigenvalue weighted by Crippen LogP contribution is 2.21. The molecule has 0 aliphatic rings. The van der Waals surface area contributed by atoms with Crippen molar-refractivity contribution in [2.45, 2.75) is 52.0 Å². The maximum absolute atomic E-state index is 5.93. The molecule has 0 saturated carbocycles. The van der Waals surface area contributed by atoms with Gasteiger partial charge in [0.1, 0.15) is 5.52 Å². The Kier molecular flexibility index (Phi) is 4.96. The molecule has 0 spiro atoms. The number of nitrogens with one attached hydrogen (secondary N) is 2. The Balaban J connectivity index is 2.19. The highest BCUT2D eigenvalue weighted by atomic mass is 35.5. The highest BCUT2D eigenvalue weighted by Gasteiger charge is 2.13. The summed E-state index contributed by atoms with van der Waals surface area (Å²) in [6, 6.07) is 0.419. The summed E-state index contributed by atoms with van der Waals surface area (Å²) in [7, 11) is 0. The van der Waals surface area contributed by atoms with Gasteiger partial charge in [0.05, 0.1) is 6.33 Å². The topological polar surface area (TPSA) is 66.5 Å². The number of hydrogen-bond donors (Lipinski definition) is 2. The molecule has 0 fully saturated rings. The van der Waals surface area contributed by atoms with Crippen molar-refractivity contribution in [3.63, 3.8) is 0 Å². The molecule has 2 heterocycles. The molecule has 19 heavy (non-hydrogen) atoms. The van der Waals surface area contributed by atoms with Crippen molar-refractivity contribution < 1.29 is 0 Å². The highest BCUT2D eigenvalue weighted by molar-refractivity contribution is 6.28. The van der Waals surface area contributed by atoms with Crippen LogP contribution in [0.4, 0.5) is 5.82 Å². The number of fused-ring (bicyclic) bond motifs is 1. The lowest BCUT2D eigenvalue weighted by Crippen LogP contribution is -2.20. The van der Waals surface area contributed by atoms with E-state index in [9.17, 15) is 0 Å². The number of aromatic amines is 1. The first kappa shape index (κ1) is 14.1. The van der Waals surface area contributed by atoms with Gasteiger partial charge in [-0.1, -0.05) is 33.1 Å². The first-order valence-electron chi connectivity index (χ1n) is 6.87. The monoisotopic (exact) mass is 281 g/mol. The zero-order valence-corrected chi connectivity index (χ0v) is 12.2. The number of unbranched alkanes of at least 4 members (excludes halogenated alkanes) is 1. The Morgan fingerprint density at radius 3 is 2.84 bits per heavy atom. The predicted molar refractivity (Wildman–Crippen MR) is 78.5 cm³/mol. The van der Waals surface area contributed by atoms with Gasteiger partial charge in [-0.25, -0.2) is 4.98 Å². The summed E-state index contributed by atoms with van der Waals surface area (Å²) in [5.74, 6) is 0.752. The van der Waals surface area contributed by atoms with E-state index >= 15 is 0 Å². The van der Waals surface area contributed by atoms with Gasteiger partial charge in [-0.15, -0.1) is 0 Å². The lowest BCUT2D eigenvalue weighted by molar-refractivity contribution is 0.563. The quantitative estimate of drug-likeness (QED) is 0.758. The molecular weight excluding hydrogens is 262 g/mol. The van der Waals surface area contributed by atoms with Crippen LogP contribution in [-0.2, 0) is 0 Å². The zero-order valence-electron chi connectivity index (χ0n) is 11.4. The van der Waals surface area contributed by atoms with E-state index in [1.54, 1.807) is 6.33 Å². The van der Waals surface area contributed by atoms with Crippen molar-refractivity contribution in [3.8, 4) is 0 Å². The van der Waals surface area contributed by atoms with E-state index in [-0.39, 0.29) is 5.28 Å². The van der Waals surface area contributed by atoms with Crippen LogP contribution in [0.3, 0.4) is 0 Å². The van der Waals surface area contributed by atoms with E-state index in [1.807, 2.05) is 0 Å². The summed E-state index contributed by atoms with van der Waals surface area (Å²) in [6.07, 6.45) is 7.43. The Labute approximate surface area is 118 Å². The molecule has 0 amide bonds. The van der Waals surface area contributed by atoms with Gasteiger partial charge in [0.25, 0.3) is 0 Å². The number of halogens is 1. The first-order valence-corrected chi connectivity index (χ1v) is 7.25. The summed E-state index contributed by atoms with van der Waals surface area (Å²) in [6.45, 7) is 4.40. The van der Waals surface area contributed by atoms with Gasteiger partial charge in [-0.3, -0.25) is 0 Å². The van der Waals surface area contributed by atoms with Crippen LogP contribution < -0.4 is 5.32 Å². The average Bonchev–Trinajstić information content (AvgIpc) is 2.84. The fraction of sp³-hybridized carbons (Fsp3) is 0.615. The second-order valence-corrected chi connectivity index (χ2v) is 5.05. The van der Waals surface area contributed by atoms with Crippen LogP contribution in [0.5, 0.6) is 0 Å². The molecule has 2 rings (SSSR count). The maximum atomic E-state index is 5.93. The summed E-state index contributed by atoms with van der Waals surface area (Å²) >= 11 is 5.93. The second kappa shape index (κ2) is 6.70. The third-order valence-electron chi connectivity index (χ3n) is 3.14. The van der Waals surface area contributed by atoms with E-state index < -0.39 is 0 Å². The van der Waals surface area contributed by atoms with Crippen LogP contribution in [0.1, 0.15) is 46.0 Å². The molecule has 0 aliphatic heterocycles. The Hall–Kier alpha value is -1.36. The fourth-order valence-electron chi connectivity index (χ4n) is 2.19. The van der Waals surface area contributed by atoms with Crippen LogP contribution in [0.25, 0.3) is 11.2 Å². The molecule has 0 aromatic carbocycles. The maximum Gasteiger partial charge on any atom is 0.226 e. The largest absolute Gasteiger partial charge is 0.365 e. The van der Waals surface area contributed by atoms with Crippen LogP contribution in [0.2, 0.25) is 5.28 Å². The molecule has 0 radical (unpaired) electrons. The Morgan fingerprint density at radius 1 is 1.26 bits per heavy atom. The molecule has 0 saturated heterocycles. The third-order valence-corrected chi connectivity index (χ3v) is 3.31. The lowest BCUT2D eigenvalue weighted by atomic mass is 10.1. The Bertz CT molecular complexity index is 525. The third kappa shape index (κ3) is 3.56. The minimum Gasteiger partial charge on any atom is -0.365 e. The van der Waals surface area contributed by atoms with Gasteiger partial charge in [-0.05, 0) is 24.4 Å². The van der Waals surface area contributed by atoms with Crippen molar-refractivity contribution in [3.05, 3.63) is 11.6 Å². The summed E-state index contributed by atoms with van der Waals surface area (Å²) in [5, 5.41) is 3.71. The molecule has 6 heteroatoms. The molecule has 2 aromatic rings. The molecule has 5 nitrogen and oxygen atoms in total. The van der Waals surface area contributed by atoms with E-state index in [0.29, 0.717) is 11.7 Å². The van der Waals surface area contributed by atoms with Crippen molar-refractivity contribution >= 4 is 28.6 Å². The van der Waals surface area contributed by atoms with Crippen LogP contribution in [0, 0.1) is 0 Å². The molecule has 0 aliphatic carbocycles. The number of nitrogens with zero attached hydrogens (tertiary/aromatic N) is 3. The molecule has 2 aromatic heterocycles. The normalized spacial score (nSPS) is 12.8. The van der Waals surface area contributed by atoms with Crippen LogP contribution in [0.15, 0.2) is 6.33 Å². The molecule has 2 N–H and O–H groups in total.